The maximum absolute atomic E-state index is 12.5. The molecule has 156 valence electrons. The number of aromatic amines is 2. The van der Waals surface area contributed by atoms with Crippen molar-refractivity contribution in [2.75, 3.05) is 11.9 Å². The maximum Gasteiger partial charge on any atom is 0.265 e. The zero-order chi connectivity index (χ0) is 22.0. The number of amides is 3. The van der Waals surface area contributed by atoms with Crippen LogP contribution in [0, 0.1) is 0 Å². The van der Waals surface area contributed by atoms with E-state index in [2.05, 4.69) is 25.6 Å². The first-order chi connectivity index (χ1) is 14.9. The minimum Gasteiger partial charge on any atom is -0.364 e. The van der Waals surface area contributed by atoms with Crippen LogP contribution < -0.4 is 21.8 Å². The van der Waals surface area contributed by atoms with E-state index in [1.54, 1.807) is 41.9 Å². The Morgan fingerprint density at radius 3 is 2.71 bits per heavy atom. The molecule has 0 spiro atoms. The van der Waals surface area contributed by atoms with Gasteiger partial charge in [0.25, 0.3) is 11.8 Å². The summed E-state index contributed by atoms with van der Waals surface area (Å²) >= 11 is 1.18. The molecule has 0 aliphatic carbocycles. The molecule has 0 unspecified atom stereocenters. The van der Waals surface area contributed by atoms with Crippen molar-refractivity contribution in [3.8, 4) is 11.3 Å². The average Bonchev–Trinajstić information content (AvgIpc) is 3.42. The number of carbonyl (C=O) groups excluding carboxylic acids is 3. The maximum atomic E-state index is 12.5. The van der Waals surface area contributed by atoms with Crippen molar-refractivity contribution < 1.29 is 14.4 Å². The second-order valence-electron chi connectivity index (χ2n) is 6.51. The number of nitrogens with zero attached hydrogens (tertiary/aromatic N) is 1. The van der Waals surface area contributed by atoms with Gasteiger partial charge in [-0.1, -0.05) is 12.1 Å². The largest absolute Gasteiger partial charge is 0.364 e. The predicted octanol–water partition coefficient (Wildman–Crippen LogP) is 1.45. The number of primary amides is 1. The summed E-state index contributed by atoms with van der Waals surface area (Å²) in [6.45, 7) is -0.337. The molecule has 3 heterocycles. The normalized spacial score (nSPS) is 10.7. The number of pyridine rings is 1. The van der Waals surface area contributed by atoms with Crippen LogP contribution in [0.25, 0.3) is 22.2 Å². The van der Waals surface area contributed by atoms with Crippen molar-refractivity contribution in [3.63, 3.8) is 0 Å². The third-order valence-electron chi connectivity index (χ3n) is 4.44. The predicted molar refractivity (Wildman–Crippen MR) is 116 cm³/mol. The second-order valence-corrected chi connectivity index (χ2v) is 7.37. The molecule has 0 saturated heterocycles. The summed E-state index contributed by atoms with van der Waals surface area (Å²) in [6.07, 6.45) is 2.91. The van der Waals surface area contributed by atoms with Crippen LogP contribution >= 0.6 is 11.3 Å². The summed E-state index contributed by atoms with van der Waals surface area (Å²) in [7, 11) is 0. The Morgan fingerprint density at radius 1 is 1.13 bits per heavy atom. The monoisotopic (exact) mass is 436 g/mol. The van der Waals surface area contributed by atoms with Crippen molar-refractivity contribution in [3.05, 3.63) is 69.6 Å². The lowest BCUT2D eigenvalue weighted by molar-refractivity contribution is -0.115. The molecule has 0 saturated carbocycles. The molecule has 10 nitrogen and oxygen atoms in total. The number of thiazole rings is 1. The van der Waals surface area contributed by atoms with Crippen molar-refractivity contribution in [1.29, 1.82) is 0 Å². The Labute approximate surface area is 178 Å². The summed E-state index contributed by atoms with van der Waals surface area (Å²) in [6, 6.07) is 8.39. The van der Waals surface area contributed by atoms with Crippen molar-refractivity contribution in [2.24, 2.45) is 5.73 Å². The number of hydrogen-bond donors (Lipinski definition) is 5. The molecule has 0 bridgehead atoms. The first-order valence-electron chi connectivity index (χ1n) is 9.05. The van der Waals surface area contributed by atoms with E-state index in [9.17, 15) is 19.2 Å². The van der Waals surface area contributed by atoms with Gasteiger partial charge in [-0.15, -0.1) is 11.3 Å². The topological polar surface area (TPSA) is 163 Å². The fourth-order valence-corrected chi connectivity index (χ4v) is 3.64. The molecule has 11 heteroatoms. The van der Waals surface area contributed by atoms with Crippen LogP contribution in [0.1, 0.15) is 20.8 Å². The highest BCUT2D eigenvalue weighted by Crippen LogP contribution is 2.25. The molecule has 6 N–H and O–H groups in total. The molecule has 3 aromatic heterocycles. The van der Waals surface area contributed by atoms with Crippen LogP contribution in [-0.4, -0.2) is 39.2 Å². The van der Waals surface area contributed by atoms with Gasteiger partial charge in [0, 0.05) is 34.2 Å². The molecule has 4 aromatic rings. The van der Waals surface area contributed by atoms with Crippen molar-refractivity contribution >= 4 is 45.1 Å². The lowest BCUT2D eigenvalue weighted by Gasteiger charge is -2.06. The van der Waals surface area contributed by atoms with Crippen LogP contribution in [0.4, 0.5) is 5.13 Å². The van der Waals surface area contributed by atoms with Crippen molar-refractivity contribution in [2.45, 2.75) is 0 Å². The fraction of sp³-hybridized carbons (Fsp3) is 0.0500. The van der Waals surface area contributed by atoms with Gasteiger partial charge < -0.3 is 26.3 Å². The number of carbonyl (C=O) groups is 3. The molecule has 0 radical (unpaired) electrons. The van der Waals surface area contributed by atoms with Crippen LogP contribution in [0.3, 0.4) is 0 Å². The Bertz CT molecular complexity index is 1370. The van der Waals surface area contributed by atoms with E-state index < -0.39 is 23.2 Å². The molecule has 0 fully saturated rings. The number of aromatic nitrogens is 3. The zero-order valence-electron chi connectivity index (χ0n) is 15.9. The van der Waals surface area contributed by atoms with Gasteiger partial charge in [0.05, 0.1) is 12.2 Å². The Balaban J connectivity index is 1.38. The molecule has 3 amide bonds. The summed E-state index contributed by atoms with van der Waals surface area (Å²) < 4.78 is 0. The molecule has 0 atom stereocenters. The van der Waals surface area contributed by atoms with Crippen LogP contribution in [0.2, 0.25) is 0 Å². The molecule has 31 heavy (non-hydrogen) atoms. The number of para-hydroxylation sites is 1. The number of rotatable bonds is 6. The third-order valence-corrected chi connectivity index (χ3v) is 5.19. The van der Waals surface area contributed by atoms with Gasteiger partial charge in [0.1, 0.15) is 11.3 Å². The van der Waals surface area contributed by atoms with E-state index in [0.29, 0.717) is 27.3 Å². The number of benzene rings is 1. The lowest BCUT2D eigenvalue weighted by atomic mass is 10.1. The van der Waals surface area contributed by atoms with Crippen LogP contribution in [-0.2, 0) is 4.79 Å². The second kappa shape index (κ2) is 8.24. The summed E-state index contributed by atoms with van der Waals surface area (Å²) in [5, 5.41) is 7.42. The quantitative estimate of drug-likeness (QED) is 0.308. The molecule has 0 aliphatic heterocycles. The van der Waals surface area contributed by atoms with Gasteiger partial charge >= 0.3 is 0 Å². The SMILES string of the molecule is NC(=O)c1cc(-c2csc(NC(=O)CNC(=O)c3c[nH]c4ccccc4c3=O)n2)c[nH]1. The van der Waals surface area contributed by atoms with E-state index in [1.807, 2.05) is 0 Å². The number of nitrogens with two attached hydrogens (primary N) is 1. The number of fused-ring (bicyclic) bond motifs is 1. The summed E-state index contributed by atoms with van der Waals surface area (Å²) in [4.78, 5) is 58.1. The van der Waals surface area contributed by atoms with Crippen LogP contribution in [0.5, 0.6) is 0 Å². The highest BCUT2D eigenvalue weighted by molar-refractivity contribution is 7.14. The number of H-pyrrole nitrogens is 2. The zero-order valence-corrected chi connectivity index (χ0v) is 16.7. The molecular formula is C20H16N6O4S. The van der Waals surface area contributed by atoms with Crippen molar-refractivity contribution in [1.82, 2.24) is 20.3 Å². The first kappa shape index (κ1) is 20.0. The van der Waals surface area contributed by atoms with Gasteiger partial charge in [-0.3, -0.25) is 19.2 Å². The Hall–Kier alpha value is -4.25. The van der Waals surface area contributed by atoms with Crippen LogP contribution in [0.15, 0.2) is 52.9 Å². The summed E-state index contributed by atoms with van der Waals surface area (Å²) in [5.41, 5.74) is 6.78. The summed E-state index contributed by atoms with van der Waals surface area (Å²) in [5.74, 6) is -1.75. The average molecular weight is 436 g/mol. The first-order valence-corrected chi connectivity index (χ1v) is 9.93. The number of hydrogen-bond acceptors (Lipinski definition) is 6. The van der Waals surface area contributed by atoms with E-state index in [4.69, 9.17) is 5.73 Å². The highest BCUT2D eigenvalue weighted by Gasteiger charge is 2.15. The van der Waals surface area contributed by atoms with E-state index in [1.165, 1.54) is 17.5 Å². The minimum absolute atomic E-state index is 0.0826. The minimum atomic E-state index is -0.659. The Kier molecular flexibility index (Phi) is 5.33. The van der Waals surface area contributed by atoms with Gasteiger partial charge in [-0.25, -0.2) is 4.98 Å². The molecular weight excluding hydrogens is 420 g/mol. The van der Waals surface area contributed by atoms with E-state index in [0.717, 1.165) is 0 Å². The lowest BCUT2D eigenvalue weighted by Crippen LogP contribution is -2.35. The van der Waals surface area contributed by atoms with E-state index in [-0.39, 0.29) is 17.8 Å². The smallest absolute Gasteiger partial charge is 0.265 e. The van der Waals surface area contributed by atoms with Gasteiger partial charge in [-0.05, 0) is 18.2 Å². The Morgan fingerprint density at radius 2 is 1.94 bits per heavy atom. The van der Waals surface area contributed by atoms with Gasteiger partial charge in [0.15, 0.2) is 5.13 Å². The highest BCUT2D eigenvalue weighted by atomic mass is 32.1. The van der Waals surface area contributed by atoms with Gasteiger partial charge in [-0.2, -0.15) is 0 Å². The molecule has 4 rings (SSSR count). The number of nitrogens with one attached hydrogen (secondary N) is 4. The van der Waals surface area contributed by atoms with Gasteiger partial charge in [0.2, 0.25) is 11.3 Å². The molecule has 0 aliphatic rings. The standard InChI is InChI=1S/C20H16N6O4S/c21-18(29)14-5-10(6-22-14)15-9-31-20(25-15)26-16(27)8-24-19(30)12-7-23-13-4-2-1-3-11(13)17(12)28/h1-7,9,22H,8H2,(H2,21,29)(H,23,28)(H,24,30)(H,25,26,27). The fourth-order valence-electron chi connectivity index (χ4n) is 2.90. The number of anilines is 1. The molecule has 1 aromatic carbocycles. The third kappa shape index (κ3) is 4.21. The van der Waals surface area contributed by atoms with E-state index >= 15 is 0 Å².